The lowest BCUT2D eigenvalue weighted by Crippen LogP contribution is -2.14. The highest BCUT2D eigenvalue weighted by Gasteiger charge is 2.23. The molecule has 1 fully saturated rings. The zero-order chi connectivity index (χ0) is 11.5. The van der Waals surface area contributed by atoms with Crippen LogP contribution in [0.5, 0.6) is 0 Å². The number of aldehydes is 1. The lowest BCUT2D eigenvalue weighted by molar-refractivity contribution is 0.112. The summed E-state index contributed by atoms with van der Waals surface area (Å²) >= 11 is 0. The predicted octanol–water partition coefficient (Wildman–Crippen LogP) is 4.10. The number of hydrogen-bond acceptors (Lipinski definition) is 1. The number of rotatable bonds is 2. The Morgan fingerprint density at radius 1 is 1.31 bits per heavy atom. The number of carbonyl (C=O) groups is 1. The smallest absolute Gasteiger partial charge is 0.150 e. The second kappa shape index (κ2) is 4.82. The van der Waals surface area contributed by atoms with E-state index in [9.17, 15) is 4.79 Å². The molecule has 1 heteroatoms. The Labute approximate surface area is 97.9 Å². The topological polar surface area (TPSA) is 17.1 Å². The molecule has 0 bridgehead atoms. The molecule has 0 aliphatic heterocycles. The van der Waals surface area contributed by atoms with Crippen LogP contribution in [-0.4, -0.2) is 6.29 Å². The minimum absolute atomic E-state index is 0.602. The van der Waals surface area contributed by atoms with Crippen molar-refractivity contribution < 1.29 is 4.79 Å². The van der Waals surface area contributed by atoms with Gasteiger partial charge in [-0.2, -0.15) is 0 Å². The van der Waals surface area contributed by atoms with Crippen molar-refractivity contribution in [1.82, 2.24) is 0 Å². The van der Waals surface area contributed by atoms with Crippen LogP contribution >= 0.6 is 0 Å². The van der Waals surface area contributed by atoms with Gasteiger partial charge < -0.3 is 0 Å². The summed E-state index contributed by atoms with van der Waals surface area (Å²) in [5.41, 5.74) is 3.49. The van der Waals surface area contributed by atoms with Gasteiger partial charge in [0.2, 0.25) is 0 Å². The largest absolute Gasteiger partial charge is 0.298 e. The highest BCUT2D eigenvalue weighted by molar-refractivity contribution is 5.78. The van der Waals surface area contributed by atoms with Crippen molar-refractivity contribution in [3.05, 3.63) is 34.9 Å². The molecule has 1 aromatic carbocycles. The van der Waals surface area contributed by atoms with Crippen LogP contribution < -0.4 is 0 Å². The van der Waals surface area contributed by atoms with Crippen molar-refractivity contribution in [3.8, 4) is 0 Å². The van der Waals surface area contributed by atoms with Gasteiger partial charge in [-0.05, 0) is 42.7 Å². The normalized spacial score (nSPS) is 25.4. The molecular weight excluding hydrogens is 196 g/mol. The SMILES string of the molecule is Cc1cccc(C=O)c1C1CCCC(C)C1. The van der Waals surface area contributed by atoms with E-state index in [2.05, 4.69) is 19.9 Å². The first-order valence-corrected chi connectivity index (χ1v) is 6.27. The molecule has 0 heterocycles. The molecular formula is C15H20O. The van der Waals surface area contributed by atoms with Gasteiger partial charge in [-0.3, -0.25) is 4.79 Å². The van der Waals surface area contributed by atoms with Crippen LogP contribution in [0.1, 0.15) is 60.0 Å². The summed E-state index contributed by atoms with van der Waals surface area (Å²) in [5, 5.41) is 0. The molecule has 2 rings (SSSR count). The average Bonchev–Trinajstić information content (AvgIpc) is 2.28. The number of aryl methyl sites for hydroxylation is 1. The summed E-state index contributed by atoms with van der Waals surface area (Å²) < 4.78 is 0. The maximum atomic E-state index is 11.1. The molecule has 86 valence electrons. The summed E-state index contributed by atoms with van der Waals surface area (Å²) in [5.74, 6) is 1.41. The fraction of sp³-hybridized carbons (Fsp3) is 0.533. The van der Waals surface area contributed by atoms with Crippen LogP contribution in [0.15, 0.2) is 18.2 Å². The minimum atomic E-state index is 0.602. The lowest BCUT2D eigenvalue weighted by Gasteiger charge is -2.29. The molecule has 1 saturated carbocycles. The molecule has 0 saturated heterocycles. The Morgan fingerprint density at radius 3 is 2.81 bits per heavy atom. The second-order valence-corrected chi connectivity index (χ2v) is 5.16. The molecule has 2 unspecified atom stereocenters. The van der Waals surface area contributed by atoms with Crippen LogP contribution in [0, 0.1) is 12.8 Å². The maximum absolute atomic E-state index is 11.1. The van der Waals surface area contributed by atoms with E-state index in [0.717, 1.165) is 17.8 Å². The average molecular weight is 216 g/mol. The molecule has 16 heavy (non-hydrogen) atoms. The number of benzene rings is 1. The van der Waals surface area contributed by atoms with Crippen molar-refractivity contribution in [2.45, 2.75) is 45.4 Å². The standard InChI is InChI=1S/C15H20O/c1-11-5-3-7-13(9-11)15-12(2)6-4-8-14(15)10-16/h4,6,8,10-11,13H,3,5,7,9H2,1-2H3. The summed E-state index contributed by atoms with van der Waals surface area (Å²) in [6.45, 7) is 4.45. The Hall–Kier alpha value is -1.11. The summed E-state index contributed by atoms with van der Waals surface area (Å²) in [7, 11) is 0. The van der Waals surface area contributed by atoms with Crippen LogP contribution in [0.4, 0.5) is 0 Å². The highest BCUT2D eigenvalue weighted by Crippen LogP contribution is 2.38. The van der Waals surface area contributed by atoms with Gasteiger partial charge in [-0.1, -0.05) is 38.0 Å². The fourth-order valence-corrected chi connectivity index (χ4v) is 3.06. The van der Waals surface area contributed by atoms with Crippen molar-refractivity contribution >= 4 is 6.29 Å². The molecule has 0 radical (unpaired) electrons. The molecule has 1 aliphatic carbocycles. The van der Waals surface area contributed by atoms with E-state index < -0.39 is 0 Å². The Morgan fingerprint density at radius 2 is 2.12 bits per heavy atom. The third kappa shape index (κ3) is 2.18. The predicted molar refractivity (Wildman–Crippen MR) is 66.9 cm³/mol. The van der Waals surface area contributed by atoms with Crippen molar-refractivity contribution in [2.24, 2.45) is 5.92 Å². The van der Waals surface area contributed by atoms with Gasteiger partial charge >= 0.3 is 0 Å². The zero-order valence-electron chi connectivity index (χ0n) is 10.2. The lowest BCUT2D eigenvalue weighted by atomic mass is 9.76. The van der Waals surface area contributed by atoms with Crippen LogP contribution in [0.3, 0.4) is 0 Å². The number of hydrogen-bond donors (Lipinski definition) is 0. The molecule has 0 spiro atoms. The Bertz CT molecular complexity index is 381. The minimum Gasteiger partial charge on any atom is -0.298 e. The van der Waals surface area contributed by atoms with Crippen LogP contribution in [0.25, 0.3) is 0 Å². The third-order valence-electron chi connectivity index (χ3n) is 3.83. The van der Waals surface area contributed by atoms with E-state index in [1.54, 1.807) is 0 Å². The first-order chi connectivity index (χ1) is 7.72. The molecule has 1 aliphatic rings. The van der Waals surface area contributed by atoms with Crippen LogP contribution in [-0.2, 0) is 0 Å². The molecule has 2 atom stereocenters. The third-order valence-corrected chi connectivity index (χ3v) is 3.83. The molecule has 1 nitrogen and oxygen atoms in total. The van der Waals surface area contributed by atoms with Crippen molar-refractivity contribution in [3.63, 3.8) is 0 Å². The summed E-state index contributed by atoms with van der Waals surface area (Å²) in [6, 6.07) is 6.06. The Kier molecular flexibility index (Phi) is 3.42. The van der Waals surface area contributed by atoms with Gasteiger partial charge in [0, 0.05) is 5.56 Å². The first kappa shape index (κ1) is 11.4. The van der Waals surface area contributed by atoms with Crippen molar-refractivity contribution in [2.75, 3.05) is 0 Å². The Balaban J connectivity index is 2.34. The van der Waals surface area contributed by atoms with Gasteiger partial charge in [-0.15, -0.1) is 0 Å². The van der Waals surface area contributed by atoms with Crippen molar-refractivity contribution in [1.29, 1.82) is 0 Å². The molecule has 0 N–H and O–H groups in total. The van der Waals surface area contributed by atoms with E-state index in [-0.39, 0.29) is 0 Å². The van der Waals surface area contributed by atoms with Gasteiger partial charge in [-0.25, -0.2) is 0 Å². The van der Waals surface area contributed by atoms with E-state index in [4.69, 9.17) is 0 Å². The van der Waals surface area contributed by atoms with E-state index >= 15 is 0 Å². The maximum Gasteiger partial charge on any atom is 0.150 e. The monoisotopic (exact) mass is 216 g/mol. The number of carbonyl (C=O) groups excluding carboxylic acids is 1. The van der Waals surface area contributed by atoms with Gasteiger partial charge in [0.05, 0.1) is 0 Å². The highest BCUT2D eigenvalue weighted by atomic mass is 16.1. The van der Waals surface area contributed by atoms with Crippen LogP contribution in [0.2, 0.25) is 0 Å². The van der Waals surface area contributed by atoms with Gasteiger partial charge in [0.15, 0.2) is 0 Å². The summed E-state index contributed by atoms with van der Waals surface area (Å²) in [4.78, 5) is 11.1. The van der Waals surface area contributed by atoms with E-state index in [0.29, 0.717) is 5.92 Å². The van der Waals surface area contributed by atoms with Gasteiger partial charge in [0.25, 0.3) is 0 Å². The molecule has 0 aromatic heterocycles. The fourth-order valence-electron chi connectivity index (χ4n) is 3.06. The molecule has 1 aromatic rings. The quantitative estimate of drug-likeness (QED) is 0.680. The van der Waals surface area contributed by atoms with E-state index in [1.165, 1.54) is 36.8 Å². The first-order valence-electron chi connectivity index (χ1n) is 6.27. The molecule has 0 amide bonds. The second-order valence-electron chi connectivity index (χ2n) is 5.16. The zero-order valence-corrected chi connectivity index (χ0v) is 10.2. The van der Waals surface area contributed by atoms with E-state index in [1.807, 2.05) is 12.1 Å². The van der Waals surface area contributed by atoms with Gasteiger partial charge in [0.1, 0.15) is 6.29 Å². The summed E-state index contributed by atoms with van der Waals surface area (Å²) in [6.07, 6.45) is 6.15.